The van der Waals surface area contributed by atoms with Crippen LogP contribution >= 0.6 is 0 Å². The minimum absolute atomic E-state index is 0.0521. The molecule has 31 heavy (non-hydrogen) atoms. The number of para-hydroxylation sites is 1. The molecule has 1 saturated heterocycles. The van der Waals surface area contributed by atoms with E-state index in [1.807, 2.05) is 25.1 Å². The van der Waals surface area contributed by atoms with Crippen LogP contribution < -0.4 is 30.0 Å². The fraction of sp³-hybridized carbons (Fsp3) is 0.318. The van der Waals surface area contributed by atoms with E-state index < -0.39 is 17.7 Å². The first-order valence-corrected chi connectivity index (χ1v) is 10.0. The van der Waals surface area contributed by atoms with Gasteiger partial charge in [0.25, 0.3) is 5.91 Å². The van der Waals surface area contributed by atoms with E-state index >= 15 is 0 Å². The van der Waals surface area contributed by atoms with Crippen LogP contribution in [0.15, 0.2) is 42.5 Å². The van der Waals surface area contributed by atoms with E-state index in [0.717, 1.165) is 12.0 Å². The molecule has 2 aromatic rings. The Morgan fingerprint density at radius 3 is 2.77 bits per heavy atom. The van der Waals surface area contributed by atoms with E-state index in [4.69, 9.17) is 14.2 Å². The van der Waals surface area contributed by atoms with Gasteiger partial charge in [0, 0.05) is 24.7 Å². The Kier molecular flexibility index (Phi) is 5.92. The van der Waals surface area contributed by atoms with Crippen LogP contribution in [0.5, 0.6) is 17.2 Å². The van der Waals surface area contributed by atoms with E-state index in [-0.39, 0.29) is 32.3 Å². The van der Waals surface area contributed by atoms with Crippen LogP contribution in [0.3, 0.4) is 0 Å². The van der Waals surface area contributed by atoms with Crippen LogP contribution in [-0.4, -0.2) is 37.7 Å². The van der Waals surface area contributed by atoms with Gasteiger partial charge < -0.3 is 19.1 Å². The average molecular weight is 425 g/mol. The standard InChI is InChI=1S/C22H23N3O6/c1-2-14-5-3-4-6-17(14)29-12-20(26)23-24-22(28)15-9-21(27)25(11-15)16-7-8-18-19(10-16)31-13-30-18/h3-8,10,15H,2,9,11-13H2,1H3,(H,23,26)(H,24,28). The Morgan fingerprint density at radius 2 is 1.94 bits per heavy atom. The highest BCUT2D eigenvalue weighted by atomic mass is 16.7. The molecule has 9 nitrogen and oxygen atoms in total. The van der Waals surface area contributed by atoms with Crippen molar-refractivity contribution in [3.63, 3.8) is 0 Å². The molecule has 0 radical (unpaired) electrons. The number of nitrogens with zero attached hydrogens (tertiary/aromatic N) is 1. The lowest BCUT2D eigenvalue weighted by Crippen LogP contribution is -2.46. The number of ether oxygens (including phenoxy) is 3. The summed E-state index contributed by atoms with van der Waals surface area (Å²) in [6.45, 7) is 2.12. The quantitative estimate of drug-likeness (QED) is 0.681. The Labute approximate surface area is 179 Å². The van der Waals surface area contributed by atoms with E-state index in [1.165, 1.54) is 4.90 Å². The number of aryl methyl sites for hydroxylation is 1. The van der Waals surface area contributed by atoms with Gasteiger partial charge >= 0.3 is 0 Å². The topological polar surface area (TPSA) is 106 Å². The smallest absolute Gasteiger partial charge is 0.276 e. The predicted octanol–water partition coefficient (Wildman–Crippen LogP) is 1.56. The van der Waals surface area contributed by atoms with Crippen molar-refractivity contribution in [3.8, 4) is 17.2 Å². The number of carbonyl (C=O) groups excluding carboxylic acids is 3. The molecule has 2 aromatic carbocycles. The Bertz CT molecular complexity index is 1010. The van der Waals surface area contributed by atoms with Gasteiger partial charge in [0.15, 0.2) is 18.1 Å². The van der Waals surface area contributed by atoms with Crippen LogP contribution in [0, 0.1) is 5.92 Å². The van der Waals surface area contributed by atoms with Gasteiger partial charge in [-0.25, -0.2) is 0 Å². The number of benzene rings is 2. The van der Waals surface area contributed by atoms with Crippen molar-refractivity contribution in [2.45, 2.75) is 19.8 Å². The maximum atomic E-state index is 12.4. The fourth-order valence-electron chi connectivity index (χ4n) is 3.54. The second kappa shape index (κ2) is 8.95. The summed E-state index contributed by atoms with van der Waals surface area (Å²) in [5.74, 6) is 0.137. The molecule has 0 bridgehead atoms. The normalized spacial score (nSPS) is 16.9. The average Bonchev–Trinajstić information content (AvgIpc) is 3.42. The number of hydrazine groups is 1. The lowest BCUT2D eigenvalue weighted by atomic mass is 10.1. The first-order valence-electron chi connectivity index (χ1n) is 10.0. The van der Waals surface area contributed by atoms with Crippen LogP contribution in [0.2, 0.25) is 0 Å². The summed E-state index contributed by atoms with van der Waals surface area (Å²) in [6, 6.07) is 12.7. The van der Waals surface area contributed by atoms with Crippen LogP contribution in [0.25, 0.3) is 0 Å². The second-order valence-corrected chi connectivity index (χ2v) is 7.23. The summed E-state index contributed by atoms with van der Waals surface area (Å²) in [4.78, 5) is 38.4. The summed E-state index contributed by atoms with van der Waals surface area (Å²) >= 11 is 0. The van der Waals surface area contributed by atoms with Crippen molar-refractivity contribution in [3.05, 3.63) is 48.0 Å². The van der Waals surface area contributed by atoms with Crippen molar-refractivity contribution in [1.29, 1.82) is 0 Å². The van der Waals surface area contributed by atoms with Crippen LogP contribution in [0.1, 0.15) is 18.9 Å². The van der Waals surface area contributed by atoms with Crippen molar-refractivity contribution >= 4 is 23.4 Å². The fourth-order valence-corrected chi connectivity index (χ4v) is 3.54. The van der Waals surface area contributed by atoms with Gasteiger partial charge in [-0.15, -0.1) is 0 Å². The van der Waals surface area contributed by atoms with Gasteiger partial charge in [0.05, 0.1) is 5.92 Å². The molecular formula is C22H23N3O6. The number of carbonyl (C=O) groups is 3. The molecule has 2 aliphatic rings. The summed E-state index contributed by atoms with van der Waals surface area (Å²) < 4.78 is 16.1. The van der Waals surface area contributed by atoms with Gasteiger partial charge in [-0.2, -0.15) is 0 Å². The highest BCUT2D eigenvalue weighted by molar-refractivity contribution is 6.00. The summed E-state index contributed by atoms with van der Waals surface area (Å²) in [5, 5.41) is 0. The zero-order valence-corrected chi connectivity index (χ0v) is 17.1. The largest absolute Gasteiger partial charge is 0.483 e. The molecule has 4 rings (SSSR count). The number of hydrogen-bond donors (Lipinski definition) is 2. The van der Waals surface area contributed by atoms with Crippen molar-refractivity contribution in [2.24, 2.45) is 5.92 Å². The third-order valence-corrected chi connectivity index (χ3v) is 5.20. The number of nitrogens with one attached hydrogen (secondary N) is 2. The van der Waals surface area contributed by atoms with Crippen molar-refractivity contribution < 1.29 is 28.6 Å². The van der Waals surface area contributed by atoms with Crippen LogP contribution in [-0.2, 0) is 20.8 Å². The van der Waals surface area contributed by atoms with Gasteiger partial charge in [-0.05, 0) is 30.2 Å². The van der Waals surface area contributed by atoms with E-state index in [0.29, 0.717) is 22.9 Å². The first kappa shape index (κ1) is 20.5. The lowest BCUT2D eigenvalue weighted by Gasteiger charge is -2.17. The highest BCUT2D eigenvalue weighted by Crippen LogP contribution is 2.37. The molecule has 162 valence electrons. The molecular weight excluding hydrogens is 402 g/mol. The molecule has 2 aliphatic heterocycles. The number of fused-ring (bicyclic) bond motifs is 1. The predicted molar refractivity (Wildman–Crippen MR) is 111 cm³/mol. The maximum Gasteiger partial charge on any atom is 0.276 e. The van der Waals surface area contributed by atoms with Gasteiger partial charge in [0.2, 0.25) is 18.6 Å². The monoisotopic (exact) mass is 425 g/mol. The van der Waals surface area contributed by atoms with Crippen LogP contribution in [0.4, 0.5) is 5.69 Å². The zero-order valence-electron chi connectivity index (χ0n) is 17.1. The molecule has 0 aromatic heterocycles. The van der Waals surface area contributed by atoms with E-state index in [2.05, 4.69) is 10.9 Å². The third kappa shape index (κ3) is 4.55. The third-order valence-electron chi connectivity index (χ3n) is 5.20. The number of hydrogen-bond acceptors (Lipinski definition) is 6. The molecule has 2 heterocycles. The summed E-state index contributed by atoms with van der Waals surface area (Å²) in [7, 11) is 0. The molecule has 1 atom stereocenters. The molecule has 1 fully saturated rings. The molecule has 3 amide bonds. The lowest BCUT2D eigenvalue weighted by molar-refractivity contribution is -0.132. The van der Waals surface area contributed by atoms with E-state index in [1.54, 1.807) is 24.3 Å². The Balaban J connectivity index is 1.27. The number of rotatable bonds is 6. The van der Waals surface area contributed by atoms with Crippen molar-refractivity contribution in [2.75, 3.05) is 24.8 Å². The van der Waals surface area contributed by atoms with Gasteiger partial charge in [-0.1, -0.05) is 25.1 Å². The zero-order chi connectivity index (χ0) is 21.8. The second-order valence-electron chi connectivity index (χ2n) is 7.23. The minimum Gasteiger partial charge on any atom is -0.483 e. The van der Waals surface area contributed by atoms with Crippen molar-refractivity contribution in [1.82, 2.24) is 10.9 Å². The molecule has 9 heteroatoms. The first-order chi connectivity index (χ1) is 15.0. The SMILES string of the molecule is CCc1ccccc1OCC(=O)NNC(=O)C1CC(=O)N(c2ccc3c(c2)OCO3)C1. The molecule has 2 N–H and O–H groups in total. The minimum atomic E-state index is -0.583. The summed E-state index contributed by atoms with van der Waals surface area (Å²) in [6.07, 6.45) is 0.834. The molecule has 0 aliphatic carbocycles. The number of amides is 3. The maximum absolute atomic E-state index is 12.4. The molecule has 1 unspecified atom stereocenters. The van der Waals surface area contributed by atoms with E-state index in [9.17, 15) is 14.4 Å². The Hall–Kier alpha value is -3.75. The molecule has 0 saturated carbocycles. The highest BCUT2D eigenvalue weighted by Gasteiger charge is 2.36. The molecule has 0 spiro atoms. The number of anilines is 1. The Morgan fingerprint density at radius 1 is 1.13 bits per heavy atom. The van der Waals surface area contributed by atoms with Gasteiger partial charge in [0.1, 0.15) is 5.75 Å². The van der Waals surface area contributed by atoms with Gasteiger partial charge in [-0.3, -0.25) is 25.2 Å². The summed E-state index contributed by atoms with van der Waals surface area (Å²) in [5.41, 5.74) is 6.35.